The van der Waals surface area contributed by atoms with Gasteiger partial charge in [-0.15, -0.1) is 0 Å². The summed E-state index contributed by atoms with van der Waals surface area (Å²) in [4.78, 5) is 17.7. The molecule has 3 heterocycles. The number of fused-ring (bicyclic) bond motifs is 1. The topological polar surface area (TPSA) is 59.7 Å². The lowest BCUT2D eigenvalue weighted by atomic mass is 9.80. The number of hydrogen-bond acceptors (Lipinski definition) is 4. The first-order valence-corrected chi connectivity index (χ1v) is 10.6. The average molecular weight is 424 g/mol. The highest BCUT2D eigenvalue weighted by molar-refractivity contribution is 5.49. The highest BCUT2D eigenvalue weighted by atomic mass is 19.4. The third-order valence-electron chi connectivity index (χ3n) is 6.48. The van der Waals surface area contributed by atoms with E-state index in [0.717, 1.165) is 35.5 Å². The summed E-state index contributed by atoms with van der Waals surface area (Å²) in [5.41, 5.74) is 4.29. The summed E-state index contributed by atoms with van der Waals surface area (Å²) in [6, 6.07) is 1.90. The summed E-state index contributed by atoms with van der Waals surface area (Å²) in [5, 5.41) is 4.79. The summed E-state index contributed by atoms with van der Waals surface area (Å²) in [5.74, 6) is -1.21. The number of aromatic nitrogens is 3. The molecule has 164 valence electrons. The molecule has 0 aromatic carbocycles. The minimum Gasteiger partial charge on any atom is -0.368 e. The molecule has 1 unspecified atom stereocenters. The van der Waals surface area contributed by atoms with E-state index in [2.05, 4.69) is 0 Å². The van der Waals surface area contributed by atoms with E-state index in [4.69, 9.17) is 14.8 Å². The fourth-order valence-corrected chi connectivity index (χ4v) is 4.81. The first kappa shape index (κ1) is 21.1. The molecule has 4 rings (SSSR count). The van der Waals surface area contributed by atoms with Crippen molar-refractivity contribution in [3.05, 3.63) is 28.7 Å². The van der Waals surface area contributed by atoms with E-state index in [0.29, 0.717) is 38.2 Å². The van der Waals surface area contributed by atoms with Crippen LogP contribution in [0.3, 0.4) is 0 Å². The molecule has 2 fully saturated rings. The molecule has 0 bridgehead atoms. The predicted molar refractivity (Wildman–Crippen MR) is 104 cm³/mol. The Morgan fingerprint density at radius 1 is 1.27 bits per heavy atom. The van der Waals surface area contributed by atoms with Crippen molar-refractivity contribution in [2.24, 2.45) is 5.92 Å². The van der Waals surface area contributed by atoms with E-state index < -0.39 is 12.1 Å². The molecule has 0 radical (unpaired) electrons. The molecule has 0 N–H and O–H groups in total. The van der Waals surface area contributed by atoms with Gasteiger partial charge in [-0.05, 0) is 44.6 Å². The first-order chi connectivity index (χ1) is 14.3. The number of amides is 1. The van der Waals surface area contributed by atoms with Gasteiger partial charge in [0.1, 0.15) is 6.10 Å². The van der Waals surface area contributed by atoms with E-state index in [9.17, 15) is 18.0 Å². The number of alkyl halides is 3. The van der Waals surface area contributed by atoms with Crippen molar-refractivity contribution in [3.63, 3.8) is 0 Å². The zero-order chi connectivity index (χ0) is 21.5. The highest BCUT2D eigenvalue weighted by Gasteiger charge is 2.42. The second-order valence-electron chi connectivity index (χ2n) is 8.30. The lowest BCUT2D eigenvalue weighted by molar-refractivity contribution is -0.182. The van der Waals surface area contributed by atoms with Gasteiger partial charge in [-0.25, -0.2) is 9.50 Å². The molecule has 1 aliphatic carbocycles. The Labute approximate surface area is 173 Å². The molecule has 6 nitrogen and oxygen atoms in total. The van der Waals surface area contributed by atoms with Crippen LogP contribution in [0.15, 0.2) is 6.07 Å². The fourth-order valence-electron chi connectivity index (χ4n) is 4.81. The maximum absolute atomic E-state index is 13.0. The quantitative estimate of drug-likeness (QED) is 0.697. The Morgan fingerprint density at radius 3 is 2.63 bits per heavy atom. The molecular formula is C21H27F3N4O2. The fraction of sp³-hybridized carbons (Fsp3) is 0.667. The monoisotopic (exact) mass is 424 g/mol. The molecule has 30 heavy (non-hydrogen) atoms. The maximum Gasteiger partial charge on any atom is 0.391 e. The predicted octanol–water partition coefficient (Wildman–Crippen LogP) is 3.97. The Morgan fingerprint density at radius 2 is 2.00 bits per heavy atom. The third-order valence-corrected chi connectivity index (χ3v) is 6.48. The number of carbonyl (C=O) groups excluding carboxylic acids is 1. The third kappa shape index (κ3) is 3.91. The Bertz CT molecular complexity index is 919. The second-order valence-corrected chi connectivity index (χ2v) is 8.30. The van der Waals surface area contributed by atoms with Crippen molar-refractivity contribution in [2.75, 3.05) is 19.7 Å². The van der Waals surface area contributed by atoms with Gasteiger partial charge in [-0.2, -0.15) is 18.3 Å². The number of aryl methyl sites for hydroxylation is 1. The van der Waals surface area contributed by atoms with Gasteiger partial charge >= 0.3 is 6.18 Å². The molecular weight excluding hydrogens is 397 g/mol. The Balaban J connectivity index is 1.68. The summed E-state index contributed by atoms with van der Waals surface area (Å²) >= 11 is 0. The van der Waals surface area contributed by atoms with Crippen molar-refractivity contribution in [1.29, 1.82) is 0 Å². The van der Waals surface area contributed by atoms with Crippen LogP contribution in [0.4, 0.5) is 13.2 Å². The highest BCUT2D eigenvalue weighted by Crippen LogP contribution is 2.43. The number of carbonyl (C=O) groups is 1. The van der Waals surface area contributed by atoms with Crippen LogP contribution in [0.1, 0.15) is 67.3 Å². The zero-order valence-corrected chi connectivity index (χ0v) is 17.3. The summed E-state index contributed by atoms with van der Waals surface area (Å²) < 4.78 is 46.8. The largest absolute Gasteiger partial charge is 0.391 e. The van der Waals surface area contributed by atoms with Crippen LogP contribution >= 0.6 is 0 Å². The van der Waals surface area contributed by atoms with Gasteiger partial charge in [0.2, 0.25) is 6.41 Å². The minimum atomic E-state index is -4.12. The molecule has 1 atom stereocenters. The van der Waals surface area contributed by atoms with E-state index in [1.165, 1.54) is 0 Å². The van der Waals surface area contributed by atoms with Crippen LogP contribution in [-0.2, 0) is 16.0 Å². The number of hydrogen-bond donors (Lipinski definition) is 0. The Kier molecular flexibility index (Phi) is 5.74. The molecule has 1 aliphatic heterocycles. The molecule has 1 saturated carbocycles. The van der Waals surface area contributed by atoms with Crippen LogP contribution in [0.25, 0.3) is 5.65 Å². The molecule has 2 aliphatic rings. The van der Waals surface area contributed by atoms with Gasteiger partial charge in [-0.1, -0.05) is 6.92 Å². The summed E-state index contributed by atoms with van der Waals surface area (Å²) in [6.45, 7) is 5.44. The average Bonchev–Trinajstić information content (AvgIpc) is 3.15. The summed E-state index contributed by atoms with van der Waals surface area (Å²) in [7, 11) is 0. The van der Waals surface area contributed by atoms with Gasteiger partial charge in [0.05, 0.1) is 30.5 Å². The number of nitrogens with zero attached hydrogens (tertiary/aromatic N) is 4. The normalized spacial score (nSPS) is 25.6. The van der Waals surface area contributed by atoms with E-state index in [1.54, 1.807) is 9.42 Å². The summed E-state index contributed by atoms with van der Waals surface area (Å²) in [6.07, 6.45) is -1.62. The van der Waals surface area contributed by atoms with Gasteiger partial charge in [-0.3, -0.25) is 4.79 Å². The van der Waals surface area contributed by atoms with Crippen LogP contribution in [0, 0.1) is 12.8 Å². The molecule has 9 heteroatoms. The van der Waals surface area contributed by atoms with Gasteiger partial charge < -0.3 is 9.64 Å². The number of rotatable bonds is 4. The second kappa shape index (κ2) is 8.17. The van der Waals surface area contributed by atoms with Gasteiger partial charge in [0.15, 0.2) is 5.65 Å². The minimum absolute atomic E-state index is 0.00211. The van der Waals surface area contributed by atoms with Crippen LogP contribution < -0.4 is 0 Å². The number of halogens is 3. The van der Waals surface area contributed by atoms with Gasteiger partial charge in [0.25, 0.3) is 0 Å². The molecule has 0 spiro atoms. The first-order valence-electron chi connectivity index (χ1n) is 10.6. The SMILES string of the molecule is CCc1c(C)nc2cc(C3CCC(C(F)(F)F)CC3)nn2c1C1CN(C=O)CCO1. The lowest BCUT2D eigenvalue weighted by Crippen LogP contribution is -2.38. The van der Waals surface area contributed by atoms with Gasteiger partial charge in [0, 0.05) is 24.2 Å². The van der Waals surface area contributed by atoms with Crippen LogP contribution in [0.5, 0.6) is 0 Å². The smallest absolute Gasteiger partial charge is 0.368 e. The van der Waals surface area contributed by atoms with Crippen molar-refractivity contribution in [2.45, 2.75) is 64.1 Å². The standard InChI is InChI=1S/C21H27F3N4O2/c1-3-16-13(2)25-19-10-17(14-4-6-15(7-5-14)21(22,23)24)26-28(19)20(16)18-11-27(12-29)8-9-30-18/h10,12,14-15,18H,3-9,11H2,1-2H3. The van der Waals surface area contributed by atoms with E-state index in [-0.39, 0.29) is 24.9 Å². The Hall–Kier alpha value is -2.16. The van der Waals surface area contributed by atoms with Crippen LogP contribution in [-0.4, -0.2) is 51.8 Å². The number of ether oxygens (including phenoxy) is 1. The molecule has 1 amide bonds. The van der Waals surface area contributed by atoms with Crippen molar-refractivity contribution in [1.82, 2.24) is 19.5 Å². The maximum atomic E-state index is 13.0. The van der Waals surface area contributed by atoms with E-state index >= 15 is 0 Å². The lowest BCUT2D eigenvalue weighted by Gasteiger charge is -2.31. The molecule has 2 aromatic rings. The molecule has 2 aromatic heterocycles. The zero-order valence-electron chi connectivity index (χ0n) is 17.3. The van der Waals surface area contributed by atoms with Crippen molar-refractivity contribution >= 4 is 12.1 Å². The van der Waals surface area contributed by atoms with E-state index in [1.807, 2.05) is 19.9 Å². The van der Waals surface area contributed by atoms with Crippen molar-refractivity contribution in [3.8, 4) is 0 Å². The van der Waals surface area contributed by atoms with Crippen molar-refractivity contribution < 1.29 is 22.7 Å². The number of morpholine rings is 1. The van der Waals surface area contributed by atoms with Crippen LogP contribution in [0.2, 0.25) is 0 Å². The molecule has 1 saturated heterocycles.